The first-order chi connectivity index (χ1) is 7.31. The highest BCUT2D eigenvalue weighted by atomic mass is 79.9. The Morgan fingerprint density at radius 3 is 3.13 bits per heavy atom. The van der Waals surface area contributed by atoms with E-state index in [-0.39, 0.29) is 5.91 Å². The number of halogens is 1. The number of carbonyl (C=O) groups excluding carboxylic acids is 1. The highest BCUT2D eigenvalue weighted by Crippen LogP contribution is 2.16. The molecule has 1 aliphatic heterocycles. The van der Waals surface area contributed by atoms with E-state index < -0.39 is 0 Å². The van der Waals surface area contributed by atoms with Gasteiger partial charge in [-0.1, -0.05) is 27.8 Å². The van der Waals surface area contributed by atoms with Crippen LogP contribution >= 0.6 is 15.9 Å². The maximum Gasteiger partial charge on any atom is 0.251 e. The van der Waals surface area contributed by atoms with Gasteiger partial charge in [-0.05, 0) is 23.8 Å². The van der Waals surface area contributed by atoms with E-state index in [0.29, 0.717) is 6.54 Å². The molecule has 0 saturated carbocycles. The molecule has 0 fully saturated rings. The van der Waals surface area contributed by atoms with Gasteiger partial charge in [0.2, 0.25) is 0 Å². The molecule has 2 rings (SSSR count). The number of rotatable bonds is 1. The zero-order valence-corrected chi connectivity index (χ0v) is 9.73. The van der Waals surface area contributed by atoms with Gasteiger partial charge in [0.05, 0.1) is 0 Å². The monoisotopic (exact) mass is 263 g/mol. The first-order valence-corrected chi connectivity index (χ1v) is 5.89. The lowest BCUT2D eigenvalue weighted by molar-refractivity contribution is 0.0966. The summed E-state index contributed by atoms with van der Waals surface area (Å²) in [5.74, 6) is 6.14. The van der Waals surface area contributed by atoms with Crippen LogP contribution in [0.1, 0.15) is 27.9 Å². The first-order valence-electron chi connectivity index (χ1n) is 4.77. The van der Waals surface area contributed by atoms with E-state index >= 15 is 0 Å². The van der Waals surface area contributed by atoms with Gasteiger partial charge in [0.1, 0.15) is 0 Å². The lowest BCUT2D eigenvalue weighted by Crippen LogP contribution is -2.12. The standard InChI is InChI=1S/C12H10BrNO/c13-6-2-1-3-9-4-5-11-10(7-9)8-14-12(11)15/h4-5,7H,2,6,8H2,(H,14,15). The molecule has 0 atom stereocenters. The second kappa shape index (κ2) is 4.50. The molecule has 0 saturated heterocycles. The summed E-state index contributed by atoms with van der Waals surface area (Å²) in [6, 6.07) is 5.72. The van der Waals surface area contributed by atoms with Crippen molar-refractivity contribution in [3.63, 3.8) is 0 Å². The van der Waals surface area contributed by atoms with Gasteiger partial charge < -0.3 is 5.32 Å². The number of fused-ring (bicyclic) bond motifs is 1. The van der Waals surface area contributed by atoms with Crippen LogP contribution in [0.4, 0.5) is 0 Å². The summed E-state index contributed by atoms with van der Waals surface area (Å²) in [6.45, 7) is 0.627. The first kappa shape index (κ1) is 10.3. The second-order valence-electron chi connectivity index (χ2n) is 3.30. The minimum atomic E-state index is 0.0185. The van der Waals surface area contributed by atoms with Crippen LogP contribution in [0.5, 0.6) is 0 Å². The molecule has 1 amide bonds. The molecule has 1 aliphatic rings. The Labute approximate surface area is 97.2 Å². The molecule has 0 bridgehead atoms. The molecule has 1 aromatic rings. The minimum absolute atomic E-state index is 0.0185. The number of hydrogen-bond donors (Lipinski definition) is 1. The van der Waals surface area contributed by atoms with Crippen LogP contribution in [0.2, 0.25) is 0 Å². The summed E-state index contributed by atoms with van der Waals surface area (Å²) in [5.41, 5.74) is 2.80. The Morgan fingerprint density at radius 2 is 2.33 bits per heavy atom. The average molecular weight is 264 g/mol. The maximum absolute atomic E-state index is 11.3. The molecule has 3 heteroatoms. The molecule has 0 unspecified atom stereocenters. The van der Waals surface area contributed by atoms with Crippen molar-refractivity contribution in [2.45, 2.75) is 13.0 Å². The topological polar surface area (TPSA) is 29.1 Å². The van der Waals surface area contributed by atoms with E-state index in [0.717, 1.165) is 28.4 Å². The summed E-state index contributed by atoms with van der Waals surface area (Å²) < 4.78 is 0. The van der Waals surface area contributed by atoms with Crippen LogP contribution in [-0.2, 0) is 6.54 Å². The largest absolute Gasteiger partial charge is 0.348 e. The quantitative estimate of drug-likeness (QED) is 0.610. The van der Waals surface area contributed by atoms with Crippen molar-refractivity contribution in [2.75, 3.05) is 5.33 Å². The fourth-order valence-corrected chi connectivity index (χ4v) is 1.72. The summed E-state index contributed by atoms with van der Waals surface area (Å²) in [6.07, 6.45) is 0.842. The van der Waals surface area contributed by atoms with Crippen LogP contribution < -0.4 is 5.32 Å². The van der Waals surface area contributed by atoms with Gasteiger partial charge in [-0.15, -0.1) is 0 Å². The molecule has 1 heterocycles. The molecule has 1 N–H and O–H groups in total. The predicted octanol–water partition coefficient (Wildman–Crippen LogP) is 2.07. The van der Waals surface area contributed by atoms with Gasteiger partial charge in [0, 0.05) is 29.4 Å². The highest BCUT2D eigenvalue weighted by Gasteiger charge is 2.17. The Bertz CT molecular complexity index is 456. The summed E-state index contributed by atoms with van der Waals surface area (Å²) in [4.78, 5) is 11.3. The molecular weight excluding hydrogens is 254 g/mol. The number of benzene rings is 1. The van der Waals surface area contributed by atoms with E-state index in [1.54, 1.807) is 0 Å². The number of nitrogens with one attached hydrogen (secondary N) is 1. The smallest absolute Gasteiger partial charge is 0.251 e. The van der Waals surface area contributed by atoms with E-state index in [9.17, 15) is 4.79 Å². The van der Waals surface area contributed by atoms with E-state index in [1.807, 2.05) is 18.2 Å². The van der Waals surface area contributed by atoms with E-state index in [1.165, 1.54) is 0 Å². The van der Waals surface area contributed by atoms with E-state index in [2.05, 4.69) is 33.1 Å². The lowest BCUT2D eigenvalue weighted by Gasteiger charge is -1.95. The molecule has 2 nitrogen and oxygen atoms in total. The summed E-state index contributed by atoms with van der Waals surface area (Å²) in [7, 11) is 0. The molecule has 15 heavy (non-hydrogen) atoms. The SMILES string of the molecule is O=C1NCc2cc(C#CCCBr)ccc21. The Balaban J connectivity index is 2.24. The molecular formula is C12H10BrNO. The zero-order valence-electron chi connectivity index (χ0n) is 8.14. The van der Waals surface area contributed by atoms with Crippen molar-refractivity contribution in [1.82, 2.24) is 5.32 Å². The third-order valence-corrected chi connectivity index (χ3v) is 2.64. The van der Waals surface area contributed by atoms with Gasteiger partial charge in [-0.3, -0.25) is 4.79 Å². The lowest BCUT2D eigenvalue weighted by atomic mass is 10.1. The van der Waals surface area contributed by atoms with E-state index in [4.69, 9.17) is 0 Å². The summed E-state index contributed by atoms with van der Waals surface area (Å²) >= 11 is 3.32. The Kier molecular flexibility index (Phi) is 3.08. The van der Waals surface area contributed by atoms with Crippen LogP contribution in [0.25, 0.3) is 0 Å². The highest BCUT2D eigenvalue weighted by molar-refractivity contribution is 9.09. The predicted molar refractivity (Wildman–Crippen MR) is 62.9 cm³/mol. The zero-order chi connectivity index (χ0) is 10.7. The minimum Gasteiger partial charge on any atom is -0.348 e. The Morgan fingerprint density at radius 1 is 1.47 bits per heavy atom. The van der Waals surface area contributed by atoms with Crippen molar-refractivity contribution in [1.29, 1.82) is 0 Å². The van der Waals surface area contributed by atoms with Gasteiger partial charge >= 0.3 is 0 Å². The van der Waals surface area contributed by atoms with Gasteiger partial charge in [0.25, 0.3) is 5.91 Å². The fourth-order valence-electron chi connectivity index (χ4n) is 1.52. The van der Waals surface area contributed by atoms with Crippen molar-refractivity contribution in [3.8, 4) is 11.8 Å². The van der Waals surface area contributed by atoms with Crippen LogP contribution in [0.3, 0.4) is 0 Å². The van der Waals surface area contributed by atoms with Crippen molar-refractivity contribution < 1.29 is 4.79 Å². The van der Waals surface area contributed by atoms with Crippen LogP contribution in [-0.4, -0.2) is 11.2 Å². The second-order valence-corrected chi connectivity index (χ2v) is 4.09. The molecule has 1 aromatic carbocycles. The van der Waals surface area contributed by atoms with Crippen LogP contribution in [0, 0.1) is 11.8 Å². The third-order valence-electron chi connectivity index (χ3n) is 2.24. The van der Waals surface area contributed by atoms with Gasteiger partial charge in [0.15, 0.2) is 0 Å². The molecule has 0 aromatic heterocycles. The van der Waals surface area contributed by atoms with Crippen molar-refractivity contribution in [2.24, 2.45) is 0 Å². The number of alkyl halides is 1. The third kappa shape index (κ3) is 2.21. The van der Waals surface area contributed by atoms with Gasteiger partial charge in [-0.2, -0.15) is 0 Å². The fraction of sp³-hybridized carbons (Fsp3) is 0.250. The molecule has 0 spiro atoms. The van der Waals surface area contributed by atoms with Crippen molar-refractivity contribution >= 4 is 21.8 Å². The number of carbonyl (C=O) groups is 1. The average Bonchev–Trinajstić information content (AvgIpc) is 2.61. The number of hydrogen-bond acceptors (Lipinski definition) is 1. The molecule has 0 aliphatic carbocycles. The van der Waals surface area contributed by atoms with Crippen LogP contribution in [0.15, 0.2) is 18.2 Å². The van der Waals surface area contributed by atoms with Gasteiger partial charge in [-0.25, -0.2) is 0 Å². The number of amides is 1. The molecule has 0 radical (unpaired) electrons. The Hall–Kier alpha value is -1.27. The normalized spacial score (nSPS) is 12.7. The molecule has 76 valence electrons. The maximum atomic E-state index is 11.3. The summed E-state index contributed by atoms with van der Waals surface area (Å²) in [5, 5.41) is 3.68. The van der Waals surface area contributed by atoms with Crippen molar-refractivity contribution in [3.05, 3.63) is 34.9 Å².